The van der Waals surface area contributed by atoms with Crippen LogP contribution in [0.25, 0.3) is 22.2 Å². The molecular weight excluding hydrogens is 498 g/mol. The lowest BCUT2D eigenvalue weighted by Crippen LogP contribution is -2.38. The Morgan fingerprint density at radius 1 is 0.897 bits per heavy atom. The van der Waals surface area contributed by atoms with Gasteiger partial charge in [0.1, 0.15) is 5.82 Å². The van der Waals surface area contributed by atoms with Crippen molar-refractivity contribution in [3.05, 3.63) is 60.3 Å². The zero-order valence-corrected chi connectivity index (χ0v) is 21.6. The Balaban J connectivity index is 1.31. The molecule has 0 spiro atoms. The zero-order valence-electron chi connectivity index (χ0n) is 21.6. The molecule has 4 aromatic rings. The molecule has 0 amide bonds. The van der Waals surface area contributed by atoms with E-state index >= 15 is 0 Å². The molecule has 0 radical (unpaired) electrons. The first-order valence-electron chi connectivity index (χ1n) is 13.2. The quantitative estimate of drug-likeness (QED) is 0.353. The fraction of sp³-hybridized carbons (Fsp3) is 0.357. The number of ether oxygens (including phenoxy) is 2. The molecule has 0 bridgehead atoms. The van der Waals surface area contributed by atoms with E-state index in [9.17, 15) is 9.90 Å². The first kappa shape index (κ1) is 25.2. The molecule has 0 unspecified atom stereocenters. The molecule has 2 aliphatic heterocycles. The van der Waals surface area contributed by atoms with Crippen molar-refractivity contribution in [3.8, 4) is 11.3 Å². The molecule has 2 aliphatic rings. The summed E-state index contributed by atoms with van der Waals surface area (Å²) in [6.45, 7) is 7.86. The van der Waals surface area contributed by atoms with Gasteiger partial charge in [0.15, 0.2) is 0 Å². The molecule has 0 saturated carbocycles. The van der Waals surface area contributed by atoms with Crippen LogP contribution in [0.3, 0.4) is 0 Å². The van der Waals surface area contributed by atoms with Gasteiger partial charge in [-0.15, -0.1) is 0 Å². The number of fused-ring (bicyclic) bond motifs is 1. The van der Waals surface area contributed by atoms with Crippen LogP contribution in [0.4, 0.5) is 17.5 Å². The number of morpholine rings is 2. The van der Waals surface area contributed by atoms with Crippen molar-refractivity contribution < 1.29 is 19.4 Å². The fourth-order valence-corrected chi connectivity index (χ4v) is 4.86. The standard InChI is InChI=1S/C28H31N7O4/c36-27(37)20-3-5-23(6-4-20)30-26-18-24(31-28(32-26)34-11-15-39-16-12-34)21-1-2-22-19-29-35(25(22)17-21)8-7-33-9-13-38-14-10-33/h1-6,17-19H,7-16H2,(H,36,37)(H,30,31,32). The van der Waals surface area contributed by atoms with Crippen LogP contribution in [-0.4, -0.2) is 94.9 Å². The summed E-state index contributed by atoms with van der Waals surface area (Å²) < 4.78 is 13.1. The second kappa shape index (κ2) is 11.4. The third kappa shape index (κ3) is 5.85. The van der Waals surface area contributed by atoms with Crippen LogP contribution in [0.1, 0.15) is 10.4 Å². The van der Waals surface area contributed by atoms with E-state index in [0.717, 1.165) is 67.2 Å². The first-order valence-corrected chi connectivity index (χ1v) is 13.2. The summed E-state index contributed by atoms with van der Waals surface area (Å²) >= 11 is 0. The van der Waals surface area contributed by atoms with Gasteiger partial charge in [0, 0.05) is 55.4 Å². The number of rotatable bonds is 8. The van der Waals surface area contributed by atoms with E-state index in [1.165, 1.54) is 0 Å². The maximum atomic E-state index is 11.2. The molecular formula is C28H31N7O4. The van der Waals surface area contributed by atoms with Crippen LogP contribution < -0.4 is 10.2 Å². The molecule has 2 saturated heterocycles. The van der Waals surface area contributed by atoms with Gasteiger partial charge >= 0.3 is 5.97 Å². The SMILES string of the molecule is O=C(O)c1ccc(Nc2cc(-c3ccc4cnn(CCN5CCOCC5)c4c3)nc(N3CCOCC3)n2)cc1. The largest absolute Gasteiger partial charge is 0.478 e. The van der Waals surface area contributed by atoms with Crippen molar-refractivity contribution >= 4 is 34.3 Å². The van der Waals surface area contributed by atoms with Crippen molar-refractivity contribution in [1.29, 1.82) is 0 Å². The molecule has 2 aromatic carbocycles. The van der Waals surface area contributed by atoms with Gasteiger partial charge in [-0.1, -0.05) is 12.1 Å². The molecule has 2 fully saturated rings. The Kier molecular flexibility index (Phi) is 7.35. The summed E-state index contributed by atoms with van der Waals surface area (Å²) in [6, 6.07) is 14.8. The highest BCUT2D eigenvalue weighted by Gasteiger charge is 2.18. The number of hydrogen-bond donors (Lipinski definition) is 2. The van der Waals surface area contributed by atoms with Gasteiger partial charge < -0.3 is 24.8 Å². The predicted octanol–water partition coefficient (Wildman–Crippen LogP) is 3.10. The highest BCUT2D eigenvalue weighted by Crippen LogP contribution is 2.28. The van der Waals surface area contributed by atoms with Gasteiger partial charge in [0.2, 0.25) is 5.95 Å². The summed E-state index contributed by atoms with van der Waals surface area (Å²) in [6.07, 6.45) is 1.91. The van der Waals surface area contributed by atoms with Crippen LogP contribution in [0, 0.1) is 0 Å². The van der Waals surface area contributed by atoms with Crippen molar-refractivity contribution in [3.63, 3.8) is 0 Å². The lowest BCUT2D eigenvalue weighted by atomic mass is 10.1. The first-order chi connectivity index (χ1) is 19.1. The predicted molar refractivity (Wildman–Crippen MR) is 148 cm³/mol. The smallest absolute Gasteiger partial charge is 0.335 e. The molecule has 11 nitrogen and oxygen atoms in total. The summed E-state index contributed by atoms with van der Waals surface area (Å²) in [5.74, 6) is 0.298. The summed E-state index contributed by atoms with van der Waals surface area (Å²) in [5, 5.41) is 18.3. The van der Waals surface area contributed by atoms with Crippen LogP contribution >= 0.6 is 0 Å². The third-order valence-corrected chi connectivity index (χ3v) is 7.08. The number of hydrogen-bond acceptors (Lipinski definition) is 9. The fourth-order valence-electron chi connectivity index (χ4n) is 4.86. The lowest BCUT2D eigenvalue weighted by Gasteiger charge is -2.27. The zero-order chi connectivity index (χ0) is 26.6. The average Bonchev–Trinajstić information content (AvgIpc) is 3.39. The second-order valence-electron chi connectivity index (χ2n) is 9.64. The molecule has 0 aliphatic carbocycles. The number of anilines is 3. The van der Waals surface area contributed by atoms with E-state index in [4.69, 9.17) is 19.4 Å². The van der Waals surface area contributed by atoms with E-state index in [0.29, 0.717) is 38.1 Å². The summed E-state index contributed by atoms with van der Waals surface area (Å²) in [4.78, 5) is 25.5. The van der Waals surface area contributed by atoms with Gasteiger partial charge in [0.05, 0.1) is 55.9 Å². The second-order valence-corrected chi connectivity index (χ2v) is 9.64. The maximum absolute atomic E-state index is 11.2. The van der Waals surface area contributed by atoms with Crippen molar-refractivity contribution in [2.24, 2.45) is 0 Å². The molecule has 11 heteroatoms. The molecule has 2 N–H and O–H groups in total. The molecule has 39 heavy (non-hydrogen) atoms. The number of aromatic nitrogens is 4. The van der Waals surface area contributed by atoms with Gasteiger partial charge in [-0.2, -0.15) is 10.1 Å². The Labute approximate surface area is 226 Å². The molecule has 6 rings (SSSR count). The number of carbonyl (C=O) groups is 1. The Morgan fingerprint density at radius 2 is 1.64 bits per heavy atom. The number of carboxylic acid groups (broad SMARTS) is 1. The van der Waals surface area contributed by atoms with E-state index in [-0.39, 0.29) is 5.56 Å². The van der Waals surface area contributed by atoms with Crippen LogP contribution in [0.2, 0.25) is 0 Å². The normalized spacial score (nSPS) is 16.5. The van der Waals surface area contributed by atoms with Crippen molar-refractivity contribution in [2.75, 3.05) is 69.4 Å². The van der Waals surface area contributed by atoms with Gasteiger partial charge in [-0.25, -0.2) is 9.78 Å². The Hall–Kier alpha value is -4.06. The number of benzene rings is 2. The van der Waals surface area contributed by atoms with Gasteiger partial charge in [0.25, 0.3) is 0 Å². The van der Waals surface area contributed by atoms with Crippen molar-refractivity contribution in [2.45, 2.75) is 6.54 Å². The van der Waals surface area contributed by atoms with Crippen LogP contribution in [0.5, 0.6) is 0 Å². The maximum Gasteiger partial charge on any atom is 0.335 e. The Morgan fingerprint density at radius 3 is 2.38 bits per heavy atom. The highest BCUT2D eigenvalue weighted by atomic mass is 16.5. The number of carboxylic acids is 1. The van der Waals surface area contributed by atoms with Gasteiger partial charge in [-0.05, 0) is 30.3 Å². The number of nitrogens with one attached hydrogen (secondary N) is 1. The van der Waals surface area contributed by atoms with E-state index < -0.39 is 5.97 Å². The summed E-state index contributed by atoms with van der Waals surface area (Å²) in [7, 11) is 0. The molecule has 2 aromatic heterocycles. The van der Waals surface area contributed by atoms with Gasteiger partial charge in [-0.3, -0.25) is 9.58 Å². The molecule has 4 heterocycles. The van der Waals surface area contributed by atoms with Crippen molar-refractivity contribution in [1.82, 2.24) is 24.6 Å². The van der Waals surface area contributed by atoms with E-state index in [1.54, 1.807) is 24.3 Å². The number of nitrogens with zero attached hydrogens (tertiary/aromatic N) is 6. The van der Waals surface area contributed by atoms with Crippen LogP contribution in [0.15, 0.2) is 54.7 Å². The minimum Gasteiger partial charge on any atom is -0.478 e. The number of aromatic carboxylic acids is 1. The minimum atomic E-state index is -0.958. The lowest BCUT2D eigenvalue weighted by molar-refractivity contribution is 0.0361. The van der Waals surface area contributed by atoms with E-state index in [1.807, 2.05) is 12.3 Å². The third-order valence-electron chi connectivity index (χ3n) is 7.08. The topological polar surface area (TPSA) is 118 Å². The van der Waals surface area contributed by atoms with Crippen LogP contribution in [-0.2, 0) is 16.0 Å². The Bertz CT molecular complexity index is 1440. The summed E-state index contributed by atoms with van der Waals surface area (Å²) in [5.41, 5.74) is 3.80. The molecule has 202 valence electrons. The minimum absolute atomic E-state index is 0.233. The highest BCUT2D eigenvalue weighted by molar-refractivity contribution is 5.88. The molecule has 0 atom stereocenters. The van der Waals surface area contributed by atoms with E-state index in [2.05, 4.69) is 43.1 Å². The average molecular weight is 530 g/mol. The monoisotopic (exact) mass is 529 g/mol.